The molecule has 1 heterocycles. The van der Waals surface area contributed by atoms with E-state index in [2.05, 4.69) is 10.2 Å². The van der Waals surface area contributed by atoms with Crippen molar-refractivity contribution in [1.29, 1.82) is 0 Å². The standard InChI is InChI=1S/C25H26N2O3.ClH/c28-25(21-12-4-6-14-23(21)29-19-18-27-16-8-9-17-27)26-22-13-5-7-15-24(22)30-20-10-2-1-3-11-20;/h1-7,10-15H,8-9,16-19H2,(H,26,28);1H. The molecule has 1 aliphatic heterocycles. The normalized spacial score (nSPS) is 13.3. The van der Waals surface area contributed by atoms with Crippen LogP contribution in [0.5, 0.6) is 17.2 Å². The van der Waals surface area contributed by atoms with Crippen LogP contribution in [0.2, 0.25) is 0 Å². The van der Waals surface area contributed by atoms with E-state index in [1.807, 2.05) is 72.8 Å². The highest BCUT2D eigenvalue weighted by Crippen LogP contribution is 2.30. The third kappa shape index (κ3) is 6.23. The Hall–Kier alpha value is -3.02. The molecular weight excluding hydrogens is 412 g/mol. The number of para-hydroxylation sites is 4. The Morgan fingerprint density at radius 1 is 0.839 bits per heavy atom. The van der Waals surface area contributed by atoms with Gasteiger partial charge in [0.25, 0.3) is 5.91 Å². The fraction of sp³-hybridized carbons (Fsp3) is 0.240. The summed E-state index contributed by atoms with van der Waals surface area (Å²) < 4.78 is 11.9. The lowest BCUT2D eigenvalue weighted by atomic mass is 10.1. The zero-order valence-electron chi connectivity index (χ0n) is 17.3. The van der Waals surface area contributed by atoms with Crippen molar-refractivity contribution in [3.8, 4) is 17.2 Å². The third-order valence-corrected chi connectivity index (χ3v) is 5.10. The van der Waals surface area contributed by atoms with Crippen LogP contribution in [0.4, 0.5) is 5.69 Å². The third-order valence-electron chi connectivity index (χ3n) is 5.10. The summed E-state index contributed by atoms with van der Waals surface area (Å²) in [6, 6.07) is 24.3. The SMILES string of the molecule is Cl.O=C(Nc1ccccc1Oc1ccccc1)c1ccccc1OCCN1CCCC1. The van der Waals surface area contributed by atoms with Gasteiger partial charge in [-0.25, -0.2) is 0 Å². The number of nitrogens with zero attached hydrogens (tertiary/aromatic N) is 1. The predicted octanol–water partition coefficient (Wildman–Crippen LogP) is 5.63. The number of carbonyl (C=O) groups is 1. The van der Waals surface area contributed by atoms with Crippen LogP contribution in [0, 0.1) is 0 Å². The van der Waals surface area contributed by atoms with Crippen LogP contribution < -0.4 is 14.8 Å². The van der Waals surface area contributed by atoms with E-state index in [0.29, 0.717) is 35.1 Å². The molecule has 31 heavy (non-hydrogen) atoms. The predicted molar refractivity (Wildman–Crippen MR) is 126 cm³/mol. The highest BCUT2D eigenvalue weighted by atomic mass is 35.5. The minimum absolute atomic E-state index is 0. The van der Waals surface area contributed by atoms with Crippen molar-refractivity contribution in [2.75, 3.05) is 31.6 Å². The van der Waals surface area contributed by atoms with E-state index in [0.717, 1.165) is 19.6 Å². The van der Waals surface area contributed by atoms with Gasteiger partial charge < -0.3 is 14.8 Å². The number of carbonyl (C=O) groups excluding carboxylic acids is 1. The molecule has 0 aliphatic carbocycles. The lowest BCUT2D eigenvalue weighted by Gasteiger charge is -2.17. The summed E-state index contributed by atoms with van der Waals surface area (Å²) in [5.41, 5.74) is 1.12. The van der Waals surface area contributed by atoms with Gasteiger partial charge in [0.1, 0.15) is 18.1 Å². The number of nitrogens with one attached hydrogen (secondary N) is 1. The lowest BCUT2D eigenvalue weighted by Crippen LogP contribution is -2.25. The van der Waals surface area contributed by atoms with E-state index < -0.39 is 0 Å². The van der Waals surface area contributed by atoms with Gasteiger partial charge in [0.05, 0.1) is 11.3 Å². The summed E-state index contributed by atoms with van der Waals surface area (Å²) in [5.74, 6) is 1.67. The highest BCUT2D eigenvalue weighted by Gasteiger charge is 2.16. The van der Waals surface area contributed by atoms with Gasteiger partial charge >= 0.3 is 0 Å². The van der Waals surface area contributed by atoms with E-state index in [-0.39, 0.29) is 18.3 Å². The molecule has 0 atom stereocenters. The topological polar surface area (TPSA) is 50.8 Å². The summed E-state index contributed by atoms with van der Waals surface area (Å²) >= 11 is 0. The summed E-state index contributed by atoms with van der Waals surface area (Å²) in [5, 5.41) is 2.96. The second-order valence-corrected chi connectivity index (χ2v) is 7.26. The van der Waals surface area contributed by atoms with E-state index in [1.165, 1.54) is 12.8 Å². The summed E-state index contributed by atoms with van der Waals surface area (Å²) in [7, 11) is 0. The van der Waals surface area contributed by atoms with E-state index in [9.17, 15) is 4.79 Å². The van der Waals surface area contributed by atoms with Crippen LogP contribution in [0.3, 0.4) is 0 Å². The Morgan fingerprint density at radius 2 is 1.48 bits per heavy atom. The molecule has 1 N–H and O–H groups in total. The van der Waals surface area contributed by atoms with Gasteiger partial charge in [-0.15, -0.1) is 12.4 Å². The van der Waals surface area contributed by atoms with Crippen molar-refractivity contribution in [2.24, 2.45) is 0 Å². The molecule has 3 aromatic carbocycles. The number of ether oxygens (including phenoxy) is 2. The summed E-state index contributed by atoms with van der Waals surface area (Å²) in [6.07, 6.45) is 2.51. The van der Waals surface area contributed by atoms with E-state index in [1.54, 1.807) is 6.07 Å². The van der Waals surface area contributed by atoms with Crippen LogP contribution >= 0.6 is 12.4 Å². The maximum Gasteiger partial charge on any atom is 0.259 e. The first-order chi connectivity index (χ1) is 14.8. The number of likely N-dealkylation sites (tertiary alicyclic amines) is 1. The molecule has 0 saturated carbocycles. The molecule has 3 aromatic rings. The first kappa shape index (κ1) is 22.7. The molecule has 0 radical (unpaired) electrons. The van der Waals surface area contributed by atoms with Crippen molar-refractivity contribution in [1.82, 2.24) is 4.90 Å². The number of anilines is 1. The Kier molecular flexibility index (Phi) is 8.33. The molecule has 0 unspecified atom stereocenters. The summed E-state index contributed by atoms with van der Waals surface area (Å²) in [4.78, 5) is 15.4. The van der Waals surface area contributed by atoms with Crippen molar-refractivity contribution >= 4 is 24.0 Å². The molecule has 162 valence electrons. The van der Waals surface area contributed by atoms with Crippen molar-refractivity contribution in [3.63, 3.8) is 0 Å². The highest BCUT2D eigenvalue weighted by molar-refractivity contribution is 6.06. The second-order valence-electron chi connectivity index (χ2n) is 7.26. The number of halogens is 1. The molecular formula is C25H27ClN2O3. The summed E-state index contributed by atoms with van der Waals surface area (Å²) in [6.45, 7) is 3.70. The molecule has 0 aromatic heterocycles. The quantitative estimate of drug-likeness (QED) is 0.495. The average molecular weight is 439 g/mol. The molecule has 1 aliphatic rings. The smallest absolute Gasteiger partial charge is 0.259 e. The van der Waals surface area contributed by atoms with Gasteiger partial charge in [-0.3, -0.25) is 9.69 Å². The second kappa shape index (κ2) is 11.4. The Labute approximate surface area is 189 Å². The number of hydrogen-bond acceptors (Lipinski definition) is 4. The van der Waals surface area contributed by atoms with Crippen LogP contribution in [-0.2, 0) is 0 Å². The zero-order chi connectivity index (χ0) is 20.6. The fourth-order valence-electron chi connectivity index (χ4n) is 3.54. The molecule has 0 spiro atoms. The molecule has 6 heteroatoms. The van der Waals surface area contributed by atoms with Gasteiger partial charge in [0.15, 0.2) is 5.75 Å². The van der Waals surface area contributed by atoms with Crippen LogP contribution in [0.25, 0.3) is 0 Å². The number of rotatable bonds is 8. The maximum absolute atomic E-state index is 13.0. The maximum atomic E-state index is 13.0. The van der Waals surface area contributed by atoms with Crippen LogP contribution in [-0.4, -0.2) is 37.0 Å². The fourth-order valence-corrected chi connectivity index (χ4v) is 3.54. The molecule has 1 fully saturated rings. The van der Waals surface area contributed by atoms with Crippen molar-refractivity contribution < 1.29 is 14.3 Å². The largest absolute Gasteiger partial charge is 0.491 e. The number of hydrogen-bond donors (Lipinski definition) is 1. The average Bonchev–Trinajstić information content (AvgIpc) is 3.30. The monoisotopic (exact) mass is 438 g/mol. The van der Waals surface area contributed by atoms with E-state index >= 15 is 0 Å². The Bertz CT molecular complexity index is 975. The van der Waals surface area contributed by atoms with Gasteiger partial charge in [0.2, 0.25) is 0 Å². The number of benzene rings is 3. The molecule has 4 rings (SSSR count). The van der Waals surface area contributed by atoms with Gasteiger partial charge in [0, 0.05) is 6.54 Å². The van der Waals surface area contributed by atoms with E-state index in [4.69, 9.17) is 9.47 Å². The van der Waals surface area contributed by atoms with Gasteiger partial charge in [-0.2, -0.15) is 0 Å². The van der Waals surface area contributed by atoms with Crippen molar-refractivity contribution in [3.05, 3.63) is 84.4 Å². The first-order valence-electron chi connectivity index (χ1n) is 10.4. The minimum Gasteiger partial charge on any atom is -0.491 e. The molecule has 1 saturated heterocycles. The van der Waals surface area contributed by atoms with Gasteiger partial charge in [-0.1, -0.05) is 42.5 Å². The minimum atomic E-state index is -0.226. The lowest BCUT2D eigenvalue weighted by molar-refractivity contribution is 0.102. The molecule has 1 amide bonds. The van der Waals surface area contributed by atoms with Crippen molar-refractivity contribution in [2.45, 2.75) is 12.8 Å². The Balaban J connectivity index is 0.00000272. The van der Waals surface area contributed by atoms with Crippen LogP contribution in [0.1, 0.15) is 23.2 Å². The first-order valence-corrected chi connectivity index (χ1v) is 10.4. The zero-order valence-corrected chi connectivity index (χ0v) is 18.1. The number of amides is 1. The molecule has 5 nitrogen and oxygen atoms in total. The molecule has 0 bridgehead atoms. The van der Waals surface area contributed by atoms with Crippen LogP contribution in [0.15, 0.2) is 78.9 Å². The van der Waals surface area contributed by atoms with Gasteiger partial charge in [-0.05, 0) is 62.3 Å². The Morgan fingerprint density at radius 3 is 2.26 bits per heavy atom.